The molecule has 1 aromatic heterocycles. The maximum Gasteiger partial charge on any atom is 0.165 e. The van der Waals surface area contributed by atoms with Gasteiger partial charge in [0.1, 0.15) is 11.4 Å². The molecule has 0 saturated heterocycles. The number of hydrogen-bond donors (Lipinski definition) is 1. The lowest BCUT2D eigenvalue weighted by atomic mass is 10.0. The van der Waals surface area contributed by atoms with E-state index in [-0.39, 0.29) is 5.75 Å². The number of benzene rings is 2. The van der Waals surface area contributed by atoms with Gasteiger partial charge in [-0.2, -0.15) is 15.4 Å². The molecule has 0 spiro atoms. The summed E-state index contributed by atoms with van der Waals surface area (Å²) in [4.78, 5) is 0. The van der Waals surface area contributed by atoms with E-state index in [1.54, 1.807) is 24.3 Å². The van der Waals surface area contributed by atoms with Crippen LogP contribution in [0.2, 0.25) is 5.02 Å². The summed E-state index contributed by atoms with van der Waals surface area (Å²) >= 11 is 5.99. The van der Waals surface area contributed by atoms with Gasteiger partial charge in [0, 0.05) is 16.1 Å². The fourth-order valence-electron chi connectivity index (χ4n) is 2.08. The molecule has 21 heavy (non-hydrogen) atoms. The maximum absolute atomic E-state index is 13.8. The second-order valence-corrected chi connectivity index (χ2v) is 4.82. The van der Waals surface area contributed by atoms with Gasteiger partial charge in [0.05, 0.1) is 7.11 Å². The van der Waals surface area contributed by atoms with Gasteiger partial charge in [-0.1, -0.05) is 23.7 Å². The average Bonchev–Trinajstić information content (AvgIpc) is 2.96. The van der Waals surface area contributed by atoms with Gasteiger partial charge in [-0.25, -0.2) is 4.39 Å². The number of aromatic amines is 1. The van der Waals surface area contributed by atoms with E-state index in [2.05, 4.69) is 15.4 Å². The van der Waals surface area contributed by atoms with E-state index < -0.39 is 5.82 Å². The summed E-state index contributed by atoms with van der Waals surface area (Å²) in [5, 5.41) is 11.4. The van der Waals surface area contributed by atoms with Crippen LogP contribution in [-0.2, 0) is 0 Å². The highest BCUT2D eigenvalue weighted by atomic mass is 35.5. The topological polar surface area (TPSA) is 50.8 Å². The number of nitrogens with zero attached hydrogens (tertiary/aromatic N) is 2. The van der Waals surface area contributed by atoms with Gasteiger partial charge in [-0.3, -0.25) is 0 Å². The Morgan fingerprint density at radius 1 is 1.05 bits per heavy atom. The maximum atomic E-state index is 13.8. The van der Waals surface area contributed by atoms with Gasteiger partial charge in [0.2, 0.25) is 0 Å². The molecule has 3 rings (SSSR count). The number of H-pyrrole nitrogens is 1. The SMILES string of the molecule is COc1ccc(-c2n[nH]nc2-c2cccc(Cl)c2)cc1F. The molecule has 0 atom stereocenters. The molecule has 0 fully saturated rings. The molecular formula is C15H11ClFN3O. The lowest BCUT2D eigenvalue weighted by Gasteiger charge is -2.05. The molecule has 1 heterocycles. The average molecular weight is 304 g/mol. The van der Waals surface area contributed by atoms with Crippen LogP contribution in [0.25, 0.3) is 22.5 Å². The standard InChI is InChI=1S/C15H11ClFN3O/c1-21-13-6-5-10(8-12(13)17)15-14(18-20-19-15)9-3-2-4-11(16)7-9/h2-8H,1H3,(H,18,19,20). The Labute approximate surface area is 125 Å². The molecule has 0 aliphatic heterocycles. The van der Waals surface area contributed by atoms with E-state index in [0.29, 0.717) is 22.0 Å². The molecule has 0 radical (unpaired) electrons. The summed E-state index contributed by atoms with van der Waals surface area (Å²) in [5.74, 6) is -0.262. The molecule has 0 aliphatic carbocycles. The number of aromatic nitrogens is 3. The molecule has 3 aromatic rings. The summed E-state index contributed by atoms with van der Waals surface area (Å²) in [6.45, 7) is 0. The summed E-state index contributed by atoms with van der Waals surface area (Å²) < 4.78 is 18.7. The first-order chi connectivity index (χ1) is 10.2. The van der Waals surface area contributed by atoms with Crippen LogP contribution < -0.4 is 4.74 Å². The van der Waals surface area contributed by atoms with Crippen molar-refractivity contribution in [2.45, 2.75) is 0 Å². The van der Waals surface area contributed by atoms with Crippen molar-refractivity contribution in [2.75, 3.05) is 7.11 Å². The predicted octanol–water partition coefficient (Wildman–Crippen LogP) is 3.94. The highest BCUT2D eigenvalue weighted by Crippen LogP contribution is 2.31. The minimum atomic E-state index is -0.449. The summed E-state index contributed by atoms with van der Waals surface area (Å²) in [5.41, 5.74) is 2.58. The van der Waals surface area contributed by atoms with Gasteiger partial charge < -0.3 is 4.74 Å². The van der Waals surface area contributed by atoms with Crippen molar-refractivity contribution in [1.82, 2.24) is 15.4 Å². The van der Waals surface area contributed by atoms with Crippen LogP contribution in [0.3, 0.4) is 0 Å². The molecule has 6 heteroatoms. The zero-order valence-corrected chi connectivity index (χ0v) is 11.9. The van der Waals surface area contributed by atoms with Crippen molar-refractivity contribution < 1.29 is 9.13 Å². The third kappa shape index (κ3) is 2.60. The normalized spacial score (nSPS) is 10.6. The van der Waals surface area contributed by atoms with Gasteiger partial charge in [0.25, 0.3) is 0 Å². The molecule has 2 aromatic carbocycles. The fraction of sp³-hybridized carbons (Fsp3) is 0.0667. The third-order valence-corrected chi connectivity index (χ3v) is 3.31. The molecular weight excluding hydrogens is 293 g/mol. The van der Waals surface area contributed by atoms with Gasteiger partial charge in [-0.05, 0) is 30.3 Å². The monoisotopic (exact) mass is 303 g/mol. The van der Waals surface area contributed by atoms with Crippen molar-refractivity contribution in [3.05, 3.63) is 53.3 Å². The number of halogens is 2. The predicted molar refractivity (Wildman–Crippen MR) is 78.8 cm³/mol. The third-order valence-electron chi connectivity index (χ3n) is 3.07. The quantitative estimate of drug-likeness (QED) is 0.797. The Morgan fingerprint density at radius 2 is 1.76 bits per heavy atom. The van der Waals surface area contributed by atoms with E-state index in [4.69, 9.17) is 16.3 Å². The van der Waals surface area contributed by atoms with E-state index >= 15 is 0 Å². The van der Waals surface area contributed by atoms with E-state index in [1.165, 1.54) is 13.2 Å². The first-order valence-corrected chi connectivity index (χ1v) is 6.57. The highest BCUT2D eigenvalue weighted by molar-refractivity contribution is 6.30. The first-order valence-electron chi connectivity index (χ1n) is 6.19. The largest absolute Gasteiger partial charge is 0.494 e. The molecule has 0 saturated carbocycles. The van der Waals surface area contributed by atoms with Crippen molar-refractivity contribution >= 4 is 11.6 Å². The summed E-state index contributed by atoms with van der Waals surface area (Å²) in [6.07, 6.45) is 0. The van der Waals surface area contributed by atoms with Crippen molar-refractivity contribution in [3.63, 3.8) is 0 Å². The van der Waals surface area contributed by atoms with Crippen LogP contribution in [0, 0.1) is 5.82 Å². The molecule has 0 bridgehead atoms. The van der Waals surface area contributed by atoms with Crippen molar-refractivity contribution in [2.24, 2.45) is 0 Å². The van der Waals surface area contributed by atoms with Crippen LogP contribution in [0.15, 0.2) is 42.5 Å². The van der Waals surface area contributed by atoms with E-state index in [0.717, 1.165) is 5.56 Å². The van der Waals surface area contributed by atoms with Crippen LogP contribution in [0.5, 0.6) is 5.75 Å². The van der Waals surface area contributed by atoms with Crippen LogP contribution in [0.1, 0.15) is 0 Å². The van der Waals surface area contributed by atoms with Crippen molar-refractivity contribution in [1.29, 1.82) is 0 Å². The first kappa shape index (κ1) is 13.6. The number of ether oxygens (including phenoxy) is 1. The summed E-state index contributed by atoms with van der Waals surface area (Å²) in [7, 11) is 1.42. The Morgan fingerprint density at radius 3 is 2.38 bits per heavy atom. The Hall–Kier alpha value is -2.40. The lowest BCUT2D eigenvalue weighted by molar-refractivity contribution is 0.386. The molecule has 0 unspecified atom stereocenters. The van der Waals surface area contributed by atoms with Gasteiger partial charge >= 0.3 is 0 Å². The zero-order chi connectivity index (χ0) is 14.8. The lowest BCUT2D eigenvalue weighted by Crippen LogP contribution is -1.90. The number of nitrogens with one attached hydrogen (secondary N) is 1. The van der Waals surface area contributed by atoms with Crippen LogP contribution in [0.4, 0.5) is 4.39 Å². The smallest absolute Gasteiger partial charge is 0.165 e. The van der Waals surface area contributed by atoms with Crippen LogP contribution in [-0.4, -0.2) is 22.5 Å². The minimum absolute atomic E-state index is 0.187. The summed E-state index contributed by atoms with van der Waals surface area (Å²) in [6, 6.07) is 11.9. The molecule has 0 amide bonds. The molecule has 4 nitrogen and oxygen atoms in total. The fourth-order valence-corrected chi connectivity index (χ4v) is 2.27. The molecule has 1 N–H and O–H groups in total. The minimum Gasteiger partial charge on any atom is -0.494 e. The van der Waals surface area contributed by atoms with E-state index in [9.17, 15) is 4.39 Å². The van der Waals surface area contributed by atoms with Crippen molar-refractivity contribution in [3.8, 4) is 28.3 Å². The zero-order valence-electron chi connectivity index (χ0n) is 11.1. The highest BCUT2D eigenvalue weighted by Gasteiger charge is 2.14. The Kier molecular flexibility index (Phi) is 3.58. The number of methoxy groups -OCH3 is 1. The number of hydrogen-bond acceptors (Lipinski definition) is 3. The molecule has 0 aliphatic rings. The number of rotatable bonds is 3. The van der Waals surface area contributed by atoms with Crippen LogP contribution >= 0.6 is 11.6 Å². The second-order valence-electron chi connectivity index (χ2n) is 4.38. The second kappa shape index (κ2) is 5.54. The van der Waals surface area contributed by atoms with Gasteiger partial charge in [-0.15, -0.1) is 0 Å². The van der Waals surface area contributed by atoms with Gasteiger partial charge in [0.15, 0.2) is 11.6 Å². The Bertz CT molecular complexity index is 788. The Balaban J connectivity index is 2.09. The van der Waals surface area contributed by atoms with E-state index in [1.807, 2.05) is 12.1 Å². The molecule has 106 valence electrons.